The van der Waals surface area contributed by atoms with Gasteiger partial charge in [-0.25, -0.2) is 0 Å². The zero-order valence-corrected chi connectivity index (χ0v) is 14.7. The number of carbonyl (C=O) groups excluding carboxylic acids is 1. The SMILES string of the molecule is C[C@H]1CCCC[C@H]1NC(=S)NNC(=O)COc1ccccc1Cl. The van der Waals surface area contributed by atoms with Gasteiger partial charge >= 0.3 is 0 Å². The summed E-state index contributed by atoms with van der Waals surface area (Å²) in [6.45, 7) is 2.08. The molecule has 5 nitrogen and oxygen atoms in total. The van der Waals surface area contributed by atoms with Crippen molar-refractivity contribution in [3.05, 3.63) is 29.3 Å². The first-order valence-electron chi connectivity index (χ1n) is 7.79. The van der Waals surface area contributed by atoms with Crippen LogP contribution in [-0.4, -0.2) is 23.7 Å². The van der Waals surface area contributed by atoms with Crippen molar-refractivity contribution in [3.8, 4) is 5.75 Å². The molecule has 1 aromatic rings. The van der Waals surface area contributed by atoms with Gasteiger partial charge in [0, 0.05) is 6.04 Å². The topological polar surface area (TPSA) is 62.4 Å². The Labute approximate surface area is 147 Å². The maximum Gasteiger partial charge on any atom is 0.276 e. The van der Waals surface area contributed by atoms with E-state index in [9.17, 15) is 4.79 Å². The van der Waals surface area contributed by atoms with Gasteiger partial charge in [-0.2, -0.15) is 0 Å². The predicted octanol–water partition coefficient (Wildman–Crippen LogP) is 2.79. The molecule has 0 aliphatic heterocycles. The number of thiocarbonyl (C=S) groups is 1. The van der Waals surface area contributed by atoms with E-state index in [0.717, 1.165) is 6.42 Å². The van der Waals surface area contributed by atoms with E-state index in [1.165, 1.54) is 19.3 Å². The lowest BCUT2D eigenvalue weighted by atomic mass is 9.86. The molecule has 0 saturated heterocycles. The van der Waals surface area contributed by atoms with Crippen LogP contribution in [0.25, 0.3) is 0 Å². The number of hydrogen-bond donors (Lipinski definition) is 3. The predicted molar refractivity (Wildman–Crippen MR) is 95.4 cm³/mol. The molecule has 0 heterocycles. The van der Waals surface area contributed by atoms with Crippen molar-refractivity contribution < 1.29 is 9.53 Å². The van der Waals surface area contributed by atoms with Crippen LogP contribution >= 0.6 is 23.8 Å². The van der Waals surface area contributed by atoms with Crippen LogP contribution < -0.4 is 20.9 Å². The number of amides is 1. The van der Waals surface area contributed by atoms with E-state index in [1.807, 2.05) is 0 Å². The minimum Gasteiger partial charge on any atom is -0.482 e. The highest BCUT2D eigenvalue weighted by Gasteiger charge is 2.21. The van der Waals surface area contributed by atoms with Gasteiger partial charge in [0.1, 0.15) is 5.75 Å². The summed E-state index contributed by atoms with van der Waals surface area (Å²) in [6, 6.07) is 7.37. The summed E-state index contributed by atoms with van der Waals surface area (Å²) >= 11 is 11.2. The number of hydrazine groups is 1. The van der Waals surface area contributed by atoms with E-state index in [2.05, 4.69) is 23.1 Å². The zero-order valence-electron chi connectivity index (χ0n) is 13.1. The van der Waals surface area contributed by atoms with Crippen molar-refractivity contribution in [1.29, 1.82) is 0 Å². The molecule has 2 rings (SSSR count). The summed E-state index contributed by atoms with van der Waals surface area (Å²) in [7, 11) is 0. The van der Waals surface area contributed by atoms with Gasteiger partial charge in [-0.3, -0.25) is 15.6 Å². The van der Waals surface area contributed by atoms with E-state index in [4.69, 9.17) is 28.6 Å². The third kappa shape index (κ3) is 5.88. The summed E-state index contributed by atoms with van der Waals surface area (Å²) in [4.78, 5) is 11.8. The number of halogens is 1. The van der Waals surface area contributed by atoms with Crippen molar-refractivity contribution in [2.75, 3.05) is 6.61 Å². The lowest BCUT2D eigenvalue weighted by Gasteiger charge is -2.30. The van der Waals surface area contributed by atoms with Crippen molar-refractivity contribution in [1.82, 2.24) is 16.2 Å². The summed E-state index contributed by atoms with van der Waals surface area (Å²) < 4.78 is 5.35. The van der Waals surface area contributed by atoms with Crippen LogP contribution in [0.1, 0.15) is 32.6 Å². The monoisotopic (exact) mass is 355 g/mol. The number of nitrogens with one attached hydrogen (secondary N) is 3. The molecule has 0 radical (unpaired) electrons. The van der Waals surface area contributed by atoms with Crippen molar-refractivity contribution in [2.24, 2.45) is 5.92 Å². The molecule has 0 aromatic heterocycles. The molecule has 1 saturated carbocycles. The largest absolute Gasteiger partial charge is 0.482 e. The highest BCUT2D eigenvalue weighted by atomic mass is 35.5. The Morgan fingerprint density at radius 3 is 2.78 bits per heavy atom. The number of rotatable bonds is 4. The average Bonchev–Trinajstić information content (AvgIpc) is 2.54. The van der Waals surface area contributed by atoms with Crippen molar-refractivity contribution in [2.45, 2.75) is 38.6 Å². The zero-order chi connectivity index (χ0) is 16.7. The maximum absolute atomic E-state index is 11.8. The van der Waals surface area contributed by atoms with Gasteiger partial charge in [-0.05, 0) is 43.1 Å². The molecule has 1 aliphatic carbocycles. The van der Waals surface area contributed by atoms with Gasteiger partial charge < -0.3 is 10.1 Å². The highest BCUT2D eigenvalue weighted by molar-refractivity contribution is 7.80. The Hall–Kier alpha value is -1.53. The van der Waals surface area contributed by atoms with Gasteiger partial charge in [0.2, 0.25) is 0 Å². The first-order valence-corrected chi connectivity index (χ1v) is 8.57. The second kappa shape index (κ2) is 8.93. The van der Waals surface area contributed by atoms with E-state index in [-0.39, 0.29) is 12.5 Å². The first-order chi connectivity index (χ1) is 11.1. The Balaban J connectivity index is 1.67. The average molecular weight is 356 g/mol. The third-order valence-electron chi connectivity index (χ3n) is 3.94. The molecule has 1 fully saturated rings. The summed E-state index contributed by atoms with van der Waals surface area (Å²) in [5.74, 6) is 0.731. The second-order valence-electron chi connectivity index (χ2n) is 5.73. The van der Waals surface area contributed by atoms with Crippen LogP contribution in [-0.2, 0) is 4.79 Å². The van der Waals surface area contributed by atoms with Crippen LogP contribution in [0.5, 0.6) is 5.75 Å². The van der Waals surface area contributed by atoms with E-state index < -0.39 is 0 Å². The molecule has 0 bridgehead atoms. The molecule has 1 aromatic carbocycles. The first kappa shape index (κ1) is 17.8. The van der Waals surface area contributed by atoms with Gasteiger partial charge in [-0.1, -0.05) is 43.5 Å². The molecule has 1 amide bonds. The van der Waals surface area contributed by atoms with E-state index >= 15 is 0 Å². The smallest absolute Gasteiger partial charge is 0.276 e. The van der Waals surface area contributed by atoms with Gasteiger partial charge in [0.15, 0.2) is 11.7 Å². The van der Waals surface area contributed by atoms with Gasteiger partial charge in [0.25, 0.3) is 5.91 Å². The Morgan fingerprint density at radius 2 is 2.04 bits per heavy atom. The van der Waals surface area contributed by atoms with Gasteiger partial charge in [-0.15, -0.1) is 0 Å². The van der Waals surface area contributed by atoms with Crippen LogP contribution in [0.15, 0.2) is 24.3 Å². The van der Waals surface area contributed by atoms with Gasteiger partial charge in [0.05, 0.1) is 5.02 Å². The number of benzene rings is 1. The highest BCUT2D eigenvalue weighted by Crippen LogP contribution is 2.24. The summed E-state index contributed by atoms with van der Waals surface area (Å²) in [5.41, 5.74) is 5.22. The molecular weight excluding hydrogens is 334 g/mol. The van der Waals surface area contributed by atoms with E-state index in [0.29, 0.717) is 27.8 Å². The molecule has 126 valence electrons. The molecule has 0 unspecified atom stereocenters. The fraction of sp³-hybridized carbons (Fsp3) is 0.500. The summed E-state index contributed by atoms with van der Waals surface area (Å²) in [6.07, 6.45) is 4.79. The number of ether oxygens (including phenoxy) is 1. The molecule has 23 heavy (non-hydrogen) atoms. The maximum atomic E-state index is 11.8. The van der Waals surface area contributed by atoms with Crippen LogP contribution in [0.3, 0.4) is 0 Å². The number of hydrogen-bond acceptors (Lipinski definition) is 3. The molecule has 1 aliphatic rings. The molecule has 3 N–H and O–H groups in total. The fourth-order valence-corrected chi connectivity index (χ4v) is 3.00. The lowest BCUT2D eigenvalue weighted by Crippen LogP contribution is -2.52. The molecule has 0 spiro atoms. The Morgan fingerprint density at radius 1 is 1.30 bits per heavy atom. The van der Waals surface area contributed by atoms with Crippen molar-refractivity contribution >= 4 is 34.8 Å². The molecule has 7 heteroatoms. The third-order valence-corrected chi connectivity index (χ3v) is 4.47. The van der Waals surface area contributed by atoms with E-state index in [1.54, 1.807) is 24.3 Å². The number of carbonyl (C=O) groups is 1. The molecular formula is C16H22ClN3O2S. The minimum atomic E-state index is -0.328. The van der Waals surface area contributed by atoms with Crippen molar-refractivity contribution in [3.63, 3.8) is 0 Å². The standard InChI is InChI=1S/C16H22ClN3O2S/c1-11-6-2-4-8-13(11)18-16(23)20-19-15(21)10-22-14-9-5-3-7-12(14)17/h3,5,7,9,11,13H,2,4,6,8,10H2,1H3,(H,19,21)(H2,18,20,23)/t11-,13+/m0/s1. The quantitative estimate of drug-likeness (QED) is 0.572. The number of para-hydroxylation sites is 1. The summed E-state index contributed by atoms with van der Waals surface area (Å²) in [5, 5.41) is 4.15. The second-order valence-corrected chi connectivity index (χ2v) is 6.55. The Kier molecular flexibility index (Phi) is 6.92. The van der Waals surface area contributed by atoms with Crippen LogP contribution in [0, 0.1) is 5.92 Å². The minimum absolute atomic E-state index is 0.140. The normalized spacial score (nSPS) is 20.4. The lowest BCUT2D eigenvalue weighted by molar-refractivity contribution is -0.123. The Bertz CT molecular complexity index is 556. The van der Waals surface area contributed by atoms with Crippen LogP contribution in [0.2, 0.25) is 5.02 Å². The fourth-order valence-electron chi connectivity index (χ4n) is 2.60. The van der Waals surface area contributed by atoms with Crippen LogP contribution in [0.4, 0.5) is 0 Å². The molecule has 2 atom stereocenters.